The molecule has 0 bridgehead atoms. The van der Waals surface area contributed by atoms with E-state index in [9.17, 15) is 9.59 Å². The molecule has 128 valence electrons. The zero-order valence-electron chi connectivity index (χ0n) is 13.6. The second-order valence-corrected chi connectivity index (χ2v) is 6.21. The van der Waals surface area contributed by atoms with Gasteiger partial charge in [0.25, 0.3) is 5.91 Å². The van der Waals surface area contributed by atoms with Crippen LogP contribution >= 0.6 is 11.6 Å². The molecule has 2 rings (SSSR count). The summed E-state index contributed by atoms with van der Waals surface area (Å²) in [7, 11) is 0. The van der Waals surface area contributed by atoms with E-state index in [4.69, 9.17) is 21.6 Å². The lowest BCUT2D eigenvalue weighted by Gasteiger charge is -2.27. The number of hydrogen-bond acceptors (Lipinski definition) is 4. The van der Waals surface area contributed by atoms with Crippen LogP contribution in [0.4, 0.5) is 5.69 Å². The molecule has 1 fully saturated rings. The molecule has 2 N–H and O–H groups in total. The van der Waals surface area contributed by atoms with Crippen LogP contribution in [0.1, 0.15) is 25.3 Å². The molecule has 0 saturated carbocycles. The van der Waals surface area contributed by atoms with Crippen LogP contribution in [0.25, 0.3) is 0 Å². The highest BCUT2D eigenvalue weighted by atomic mass is 35.5. The summed E-state index contributed by atoms with van der Waals surface area (Å²) in [5.74, 6) is -0.289. The smallest absolute Gasteiger partial charge is 0.309 e. The zero-order valence-corrected chi connectivity index (χ0v) is 14.4. The van der Waals surface area contributed by atoms with Gasteiger partial charge in [-0.3, -0.25) is 9.59 Å². The van der Waals surface area contributed by atoms with Crippen LogP contribution in [0, 0.1) is 17.2 Å². The van der Waals surface area contributed by atoms with Crippen molar-refractivity contribution in [2.24, 2.45) is 5.92 Å². The number of piperidine rings is 1. The quantitative estimate of drug-likeness (QED) is 0.776. The average molecular weight is 351 g/mol. The first-order valence-corrected chi connectivity index (χ1v) is 8.41. The number of amides is 1. The minimum atomic E-state index is -0.131. The van der Waals surface area contributed by atoms with E-state index < -0.39 is 0 Å². The fourth-order valence-electron chi connectivity index (χ4n) is 2.81. The van der Waals surface area contributed by atoms with Crippen LogP contribution in [-0.2, 0) is 14.3 Å². The predicted molar refractivity (Wildman–Crippen MR) is 89.7 cm³/mol. The van der Waals surface area contributed by atoms with E-state index in [0.29, 0.717) is 29.4 Å². The molecule has 0 radical (unpaired) electrons. The van der Waals surface area contributed by atoms with Crippen LogP contribution in [0.3, 0.4) is 0 Å². The second kappa shape index (κ2) is 8.67. The van der Waals surface area contributed by atoms with Crippen molar-refractivity contribution in [3.05, 3.63) is 28.8 Å². The third kappa shape index (κ3) is 4.95. The predicted octanol–water partition coefficient (Wildman–Crippen LogP) is 1.01. The third-order valence-electron chi connectivity index (χ3n) is 4.10. The van der Waals surface area contributed by atoms with Crippen LogP contribution in [0.5, 0.6) is 0 Å². The number of anilines is 1. The standard InChI is InChI=1S/C17H20ClN3O3/c1-2-24-17(23)12-5-7-21(8-6-12)11-16(22)20-14-4-3-13(10-19)15(18)9-14/h3-4,9,12H,2,5-8,11H2,1H3,(H,20,22)/p+1. The number of nitrogens with zero attached hydrogens (tertiary/aromatic N) is 1. The molecule has 0 aliphatic carbocycles. The Bertz CT molecular complexity index is 649. The number of carbonyl (C=O) groups is 2. The summed E-state index contributed by atoms with van der Waals surface area (Å²) in [6, 6.07) is 6.78. The maximum Gasteiger partial charge on any atom is 0.309 e. The Morgan fingerprint density at radius 2 is 2.12 bits per heavy atom. The maximum atomic E-state index is 12.1. The SMILES string of the molecule is CCOC(=O)C1CC[NH+](CC(=O)Nc2ccc(C#N)c(Cl)c2)CC1. The number of halogens is 1. The van der Waals surface area contributed by atoms with Gasteiger partial charge in [0, 0.05) is 18.5 Å². The number of benzene rings is 1. The molecule has 0 unspecified atom stereocenters. The van der Waals surface area contributed by atoms with Gasteiger partial charge in [0.15, 0.2) is 6.54 Å². The fourth-order valence-corrected chi connectivity index (χ4v) is 3.04. The van der Waals surface area contributed by atoms with Crippen LogP contribution < -0.4 is 10.2 Å². The highest BCUT2D eigenvalue weighted by molar-refractivity contribution is 6.32. The first-order chi connectivity index (χ1) is 11.5. The monoisotopic (exact) mass is 350 g/mol. The van der Waals surface area contributed by atoms with Gasteiger partial charge in [-0.05, 0) is 25.1 Å². The van der Waals surface area contributed by atoms with Crippen LogP contribution in [0.2, 0.25) is 5.02 Å². The number of rotatable bonds is 5. The van der Waals surface area contributed by atoms with Gasteiger partial charge in [-0.1, -0.05) is 11.6 Å². The summed E-state index contributed by atoms with van der Waals surface area (Å²) in [6.45, 7) is 4.09. The largest absolute Gasteiger partial charge is 0.466 e. The topological polar surface area (TPSA) is 83.6 Å². The molecule has 7 heteroatoms. The maximum absolute atomic E-state index is 12.1. The molecule has 1 heterocycles. The van der Waals surface area contributed by atoms with Gasteiger partial charge in [0.05, 0.1) is 36.2 Å². The lowest BCUT2D eigenvalue weighted by Crippen LogP contribution is -3.14. The Kier molecular flexibility index (Phi) is 6.59. The summed E-state index contributed by atoms with van der Waals surface area (Å²) in [5.41, 5.74) is 0.950. The molecule has 1 saturated heterocycles. The van der Waals surface area contributed by atoms with E-state index in [1.807, 2.05) is 6.07 Å². The van der Waals surface area contributed by atoms with Crippen molar-refractivity contribution in [3.63, 3.8) is 0 Å². The second-order valence-electron chi connectivity index (χ2n) is 5.81. The van der Waals surface area contributed by atoms with Gasteiger partial charge >= 0.3 is 5.97 Å². The Hall–Kier alpha value is -2.10. The van der Waals surface area contributed by atoms with Crippen molar-refractivity contribution in [1.82, 2.24) is 0 Å². The van der Waals surface area contributed by atoms with Crippen molar-refractivity contribution >= 4 is 29.2 Å². The zero-order chi connectivity index (χ0) is 17.5. The summed E-state index contributed by atoms with van der Waals surface area (Å²) >= 11 is 5.95. The lowest BCUT2D eigenvalue weighted by atomic mass is 9.97. The number of likely N-dealkylation sites (tertiary alicyclic amines) is 1. The van der Waals surface area contributed by atoms with E-state index in [2.05, 4.69) is 5.32 Å². The summed E-state index contributed by atoms with van der Waals surface area (Å²) in [6.07, 6.45) is 1.48. The van der Waals surface area contributed by atoms with Gasteiger partial charge in [0.1, 0.15) is 6.07 Å². The van der Waals surface area contributed by atoms with Gasteiger partial charge in [0.2, 0.25) is 0 Å². The van der Waals surface area contributed by atoms with Gasteiger partial charge in [-0.2, -0.15) is 5.26 Å². The van der Waals surface area contributed by atoms with E-state index >= 15 is 0 Å². The van der Waals surface area contributed by atoms with Crippen LogP contribution in [-0.4, -0.2) is 38.1 Å². The molecule has 0 aromatic heterocycles. The van der Waals surface area contributed by atoms with E-state index in [1.165, 1.54) is 0 Å². The molecular formula is C17H21ClN3O3+. The van der Waals surface area contributed by atoms with Gasteiger partial charge in [-0.25, -0.2) is 0 Å². The number of carbonyl (C=O) groups excluding carboxylic acids is 2. The number of hydrogen-bond donors (Lipinski definition) is 2. The molecule has 6 nitrogen and oxygen atoms in total. The normalized spacial score (nSPS) is 20.0. The molecular weight excluding hydrogens is 330 g/mol. The number of nitriles is 1. The summed E-state index contributed by atoms with van der Waals surface area (Å²) < 4.78 is 5.04. The lowest BCUT2D eigenvalue weighted by molar-refractivity contribution is -0.897. The van der Waals surface area contributed by atoms with Gasteiger partial charge in [-0.15, -0.1) is 0 Å². The van der Waals surface area contributed by atoms with Crippen molar-refractivity contribution < 1.29 is 19.2 Å². The number of quaternary nitrogens is 1. The Balaban J connectivity index is 1.81. The fraction of sp³-hybridized carbons (Fsp3) is 0.471. The number of ether oxygens (including phenoxy) is 1. The molecule has 0 spiro atoms. The molecule has 24 heavy (non-hydrogen) atoms. The minimum Gasteiger partial charge on any atom is -0.466 e. The van der Waals surface area contributed by atoms with Crippen molar-refractivity contribution in [3.8, 4) is 6.07 Å². The first-order valence-electron chi connectivity index (χ1n) is 8.03. The minimum absolute atomic E-state index is 0.0471. The molecule has 1 amide bonds. The van der Waals surface area contributed by atoms with Crippen LogP contribution in [0.15, 0.2) is 18.2 Å². The molecule has 0 atom stereocenters. The summed E-state index contributed by atoms with van der Waals surface area (Å²) in [4.78, 5) is 25.0. The molecule has 1 aromatic carbocycles. The first kappa shape index (κ1) is 18.2. The molecule has 1 aliphatic heterocycles. The third-order valence-corrected chi connectivity index (χ3v) is 4.41. The van der Waals surface area contributed by atoms with Crippen molar-refractivity contribution in [1.29, 1.82) is 5.26 Å². The Labute approximate surface area is 146 Å². The summed E-state index contributed by atoms with van der Waals surface area (Å²) in [5, 5.41) is 12.0. The molecule has 1 aromatic rings. The van der Waals surface area contributed by atoms with Gasteiger partial charge < -0.3 is 15.0 Å². The highest BCUT2D eigenvalue weighted by Crippen LogP contribution is 2.20. The van der Waals surface area contributed by atoms with Crippen molar-refractivity contribution in [2.45, 2.75) is 19.8 Å². The Morgan fingerprint density at radius 3 is 2.71 bits per heavy atom. The Morgan fingerprint density at radius 1 is 1.42 bits per heavy atom. The van der Waals surface area contributed by atoms with E-state index in [1.54, 1.807) is 25.1 Å². The van der Waals surface area contributed by atoms with E-state index in [-0.39, 0.29) is 17.8 Å². The molecule has 1 aliphatic rings. The number of esters is 1. The highest BCUT2D eigenvalue weighted by Gasteiger charge is 2.29. The average Bonchev–Trinajstić information content (AvgIpc) is 2.56. The van der Waals surface area contributed by atoms with E-state index in [0.717, 1.165) is 30.8 Å². The van der Waals surface area contributed by atoms with Crippen molar-refractivity contribution in [2.75, 3.05) is 31.6 Å². The number of nitrogens with one attached hydrogen (secondary N) is 2.